The molecule has 0 aromatic rings. The van der Waals surface area contributed by atoms with Crippen LogP contribution in [0.5, 0.6) is 0 Å². The molecule has 0 aromatic carbocycles. The lowest BCUT2D eigenvalue weighted by Gasteiger charge is -2.18. The molecule has 0 aromatic heterocycles. The van der Waals surface area contributed by atoms with Gasteiger partial charge in [-0.25, -0.2) is 0 Å². The van der Waals surface area contributed by atoms with Crippen molar-refractivity contribution in [2.75, 3.05) is 13.2 Å². The van der Waals surface area contributed by atoms with Crippen LogP contribution in [0, 0.1) is 0 Å². The zero-order valence-electron chi connectivity index (χ0n) is 12.5. The normalized spacial score (nSPS) is 11.1. The molecule has 0 aliphatic heterocycles. The molecule has 7 heteroatoms. The van der Waals surface area contributed by atoms with E-state index in [4.69, 9.17) is 25.5 Å². The van der Waals surface area contributed by atoms with Gasteiger partial charge in [0.2, 0.25) is 0 Å². The van der Waals surface area contributed by atoms with Gasteiger partial charge in [-0.3, -0.25) is 9.05 Å². The van der Waals surface area contributed by atoms with Crippen molar-refractivity contribution in [2.24, 2.45) is 5.16 Å². The molecule has 0 heterocycles. The lowest BCUT2D eigenvalue weighted by Crippen LogP contribution is -2.00. The van der Waals surface area contributed by atoms with E-state index >= 15 is 0 Å². The predicted octanol–water partition coefficient (Wildman–Crippen LogP) is 5.44. The summed E-state index contributed by atoms with van der Waals surface area (Å²) in [5, 5.41) is 5.57. The Morgan fingerprint density at radius 3 is 1.80 bits per heavy atom. The molecule has 0 rings (SSSR count). The second-order valence-electron chi connectivity index (χ2n) is 4.50. The van der Waals surface area contributed by atoms with Gasteiger partial charge < -0.3 is 4.62 Å². The third-order valence-electron chi connectivity index (χ3n) is 2.67. The molecule has 0 amide bonds. The highest BCUT2D eigenvalue weighted by Crippen LogP contribution is 2.50. The van der Waals surface area contributed by atoms with Crippen LogP contribution in [0.2, 0.25) is 0 Å². The smallest absolute Gasteiger partial charge is 0.305 e. The van der Waals surface area contributed by atoms with Crippen LogP contribution in [0.3, 0.4) is 0 Å². The molecule has 4 nitrogen and oxygen atoms in total. The van der Waals surface area contributed by atoms with Crippen molar-refractivity contribution in [3.63, 3.8) is 0 Å². The number of thiocarbonyl (C=S) groups is 1. The first-order valence-corrected chi connectivity index (χ1v) is 10.3. The van der Waals surface area contributed by atoms with Gasteiger partial charge in [-0.2, -0.15) is 0 Å². The van der Waals surface area contributed by atoms with Crippen molar-refractivity contribution < 1.29 is 13.7 Å². The van der Waals surface area contributed by atoms with Crippen molar-refractivity contribution in [3.8, 4) is 0 Å². The van der Waals surface area contributed by atoms with Crippen LogP contribution in [0.15, 0.2) is 5.16 Å². The minimum absolute atomic E-state index is 0.541. The predicted molar refractivity (Wildman–Crippen MR) is 90.6 cm³/mol. The lowest BCUT2D eigenvalue weighted by molar-refractivity contribution is 0.157. The van der Waals surface area contributed by atoms with Crippen LogP contribution in [-0.4, -0.2) is 18.4 Å². The molecule has 0 N–H and O–H groups in total. The fraction of sp³-hybridized carbons (Fsp3) is 0.923. The van der Waals surface area contributed by atoms with E-state index in [1.165, 1.54) is 25.7 Å². The summed E-state index contributed by atoms with van der Waals surface area (Å²) in [5.74, 6) is 0. The fourth-order valence-corrected chi connectivity index (χ4v) is 3.22. The first-order valence-electron chi connectivity index (χ1n) is 7.33. The average Bonchev–Trinajstić information content (AvgIpc) is 2.45. The highest BCUT2D eigenvalue weighted by molar-refractivity contribution is 8.07. The van der Waals surface area contributed by atoms with Gasteiger partial charge in [0, 0.05) is 11.8 Å². The Hall–Kier alpha value is 0.170. The molecule has 0 bridgehead atoms. The molecule has 0 aliphatic carbocycles. The maximum absolute atomic E-state index is 5.59. The fourth-order valence-electron chi connectivity index (χ4n) is 1.56. The van der Waals surface area contributed by atoms with E-state index in [-0.39, 0.29) is 0 Å². The lowest BCUT2D eigenvalue weighted by atomic mass is 10.2. The molecule has 0 unspecified atom stereocenters. The maximum Gasteiger partial charge on any atom is 0.403 e. The molecule has 0 saturated carbocycles. The minimum atomic E-state index is -2.80. The van der Waals surface area contributed by atoms with Crippen molar-refractivity contribution >= 4 is 35.9 Å². The topological polar surface area (TPSA) is 40.0 Å². The standard InChI is InChI=1S/C13H26NO3PS2/c1-3-5-7-9-11-15-18(20,17-14-13-19)16-12-10-8-6-4-2/h3-12H2,1-2H3. The molecule has 0 atom stereocenters. The van der Waals surface area contributed by atoms with Gasteiger partial charge in [-0.15, -0.1) is 0 Å². The molecule has 0 spiro atoms. The van der Waals surface area contributed by atoms with E-state index in [2.05, 4.69) is 36.4 Å². The SMILES string of the molecule is CCCCCCOP(=S)(OCCCCCC)ON=C=S. The van der Waals surface area contributed by atoms with E-state index < -0.39 is 6.72 Å². The van der Waals surface area contributed by atoms with Crippen LogP contribution >= 0.6 is 18.9 Å². The zero-order valence-corrected chi connectivity index (χ0v) is 15.0. The molecule has 118 valence electrons. The average molecular weight is 339 g/mol. The van der Waals surface area contributed by atoms with Crippen LogP contribution < -0.4 is 0 Å². The summed E-state index contributed by atoms with van der Waals surface area (Å²) in [5.41, 5.74) is 0. The van der Waals surface area contributed by atoms with E-state index in [0.29, 0.717) is 13.2 Å². The van der Waals surface area contributed by atoms with Crippen LogP contribution in [0.25, 0.3) is 0 Å². The van der Waals surface area contributed by atoms with Gasteiger partial charge in [0.25, 0.3) is 0 Å². The van der Waals surface area contributed by atoms with Crippen LogP contribution in [0.4, 0.5) is 0 Å². The molecule has 0 radical (unpaired) electrons. The first-order chi connectivity index (χ1) is 9.68. The number of nitrogens with zero attached hydrogens (tertiary/aromatic N) is 1. The summed E-state index contributed by atoms with van der Waals surface area (Å²) < 4.78 is 16.3. The van der Waals surface area contributed by atoms with Crippen molar-refractivity contribution in [2.45, 2.75) is 65.2 Å². The Labute approximate surface area is 133 Å². The summed E-state index contributed by atoms with van der Waals surface area (Å²) in [7, 11) is 0. The van der Waals surface area contributed by atoms with E-state index in [1.807, 2.05) is 0 Å². The Kier molecular flexibility index (Phi) is 14.2. The van der Waals surface area contributed by atoms with Crippen molar-refractivity contribution in [1.82, 2.24) is 0 Å². The number of hydrogen-bond donors (Lipinski definition) is 0. The molecular weight excluding hydrogens is 313 g/mol. The molecule has 0 saturated heterocycles. The van der Waals surface area contributed by atoms with Gasteiger partial charge in [0.15, 0.2) is 0 Å². The van der Waals surface area contributed by atoms with E-state index in [0.717, 1.165) is 25.7 Å². The van der Waals surface area contributed by atoms with Crippen molar-refractivity contribution in [1.29, 1.82) is 0 Å². The van der Waals surface area contributed by atoms with Crippen LogP contribution in [0.1, 0.15) is 65.2 Å². The van der Waals surface area contributed by atoms with Crippen LogP contribution in [-0.2, 0) is 25.5 Å². The molecule has 0 aliphatic rings. The number of rotatable bonds is 14. The Balaban J connectivity index is 4.01. The van der Waals surface area contributed by atoms with Gasteiger partial charge in [0.05, 0.1) is 13.2 Å². The van der Waals surface area contributed by atoms with Gasteiger partial charge in [0.1, 0.15) is 5.16 Å². The second-order valence-corrected chi connectivity index (χ2v) is 7.60. The third kappa shape index (κ3) is 12.0. The highest BCUT2D eigenvalue weighted by Gasteiger charge is 2.21. The maximum atomic E-state index is 5.59. The summed E-state index contributed by atoms with van der Waals surface area (Å²) in [6.45, 7) is 2.62. The molecule has 0 fully saturated rings. The summed E-state index contributed by atoms with van der Waals surface area (Å²) in [6, 6.07) is 0. The minimum Gasteiger partial charge on any atom is -0.305 e. The quantitative estimate of drug-likeness (QED) is 0.139. The first kappa shape index (κ1) is 20.2. The Morgan fingerprint density at radius 1 is 0.900 bits per heavy atom. The van der Waals surface area contributed by atoms with Gasteiger partial charge in [-0.05, 0) is 30.2 Å². The van der Waals surface area contributed by atoms with Crippen molar-refractivity contribution in [3.05, 3.63) is 0 Å². The summed E-state index contributed by atoms with van der Waals surface area (Å²) >= 11 is 9.77. The largest absolute Gasteiger partial charge is 0.403 e. The zero-order chi connectivity index (χ0) is 15.1. The molecule has 20 heavy (non-hydrogen) atoms. The number of isothiocyanates is 1. The second kappa shape index (κ2) is 14.1. The third-order valence-corrected chi connectivity index (χ3v) is 4.86. The Bertz CT molecular complexity index is 305. The number of hydrogen-bond acceptors (Lipinski definition) is 6. The molecular formula is C13H26NO3PS2. The summed E-state index contributed by atoms with van der Waals surface area (Å²) in [4.78, 5) is 0. The monoisotopic (exact) mass is 339 g/mol. The van der Waals surface area contributed by atoms with E-state index in [1.54, 1.807) is 0 Å². The van der Waals surface area contributed by atoms with Gasteiger partial charge >= 0.3 is 6.72 Å². The Morgan fingerprint density at radius 2 is 1.40 bits per heavy atom. The van der Waals surface area contributed by atoms with E-state index in [9.17, 15) is 0 Å². The highest BCUT2D eigenvalue weighted by atomic mass is 32.5. The number of unbranched alkanes of at least 4 members (excludes halogenated alkanes) is 6. The summed E-state index contributed by atoms with van der Waals surface area (Å²) in [6.07, 6.45) is 8.93. The van der Waals surface area contributed by atoms with Gasteiger partial charge in [-0.1, -0.05) is 52.4 Å².